The van der Waals surface area contributed by atoms with Crippen LogP contribution in [0.1, 0.15) is 6.92 Å². The standard InChI is InChI=1S/C11H14ClN3O3/c1-7(6-13-2)11(16)14-9-5-8(12)3-4-10(9)15(17)18/h3-5,7,13H,6H2,1-2H3,(H,14,16). The lowest BCUT2D eigenvalue weighted by Gasteiger charge is -2.11. The summed E-state index contributed by atoms with van der Waals surface area (Å²) in [6.07, 6.45) is 0. The molecule has 18 heavy (non-hydrogen) atoms. The van der Waals surface area contributed by atoms with Crippen LogP contribution >= 0.6 is 11.6 Å². The minimum absolute atomic E-state index is 0.112. The van der Waals surface area contributed by atoms with Gasteiger partial charge < -0.3 is 10.6 Å². The van der Waals surface area contributed by atoms with Crippen molar-refractivity contribution in [2.45, 2.75) is 6.92 Å². The molecule has 1 rings (SSSR count). The normalized spacial score (nSPS) is 11.9. The first-order valence-corrected chi connectivity index (χ1v) is 5.73. The fourth-order valence-corrected chi connectivity index (χ4v) is 1.59. The number of rotatable bonds is 5. The Hall–Kier alpha value is -1.66. The summed E-state index contributed by atoms with van der Waals surface area (Å²) in [6.45, 7) is 2.21. The van der Waals surface area contributed by atoms with Crippen molar-refractivity contribution in [2.75, 3.05) is 18.9 Å². The molecule has 1 aromatic carbocycles. The fourth-order valence-electron chi connectivity index (χ4n) is 1.42. The average molecular weight is 272 g/mol. The van der Waals surface area contributed by atoms with E-state index < -0.39 is 4.92 Å². The van der Waals surface area contributed by atoms with Crippen molar-refractivity contribution in [3.05, 3.63) is 33.3 Å². The van der Waals surface area contributed by atoms with Gasteiger partial charge in [0.05, 0.1) is 4.92 Å². The fraction of sp³-hybridized carbons (Fsp3) is 0.364. The van der Waals surface area contributed by atoms with Crippen LogP contribution in [0.4, 0.5) is 11.4 Å². The molecule has 6 nitrogen and oxygen atoms in total. The van der Waals surface area contributed by atoms with Crippen molar-refractivity contribution in [3.63, 3.8) is 0 Å². The highest BCUT2D eigenvalue weighted by Crippen LogP contribution is 2.27. The quantitative estimate of drug-likeness (QED) is 0.634. The lowest BCUT2D eigenvalue weighted by atomic mass is 10.1. The van der Waals surface area contributed by atoms with Gasteiger partial charge >= 0.3 is 0 Å². The predicted molar refractivity (Wildman–Crippen MR) is 69.8 cm³/mol. The maximum Gasteiger partial charge on any atom is 0.292 e. The number of carbonyl (C=O) groups is 1. The molecule has 0 radical (unpaired) electrons. The van der Waals surface area contributed by atoms with E-state index >= 15 is 0 Å². The summed E-state index contributed by atoms with van der Waals surface area (Å²) in [5, 5.41) is 16.5. The van der Waals surface area contributed by atoms with E-state index in [0.717, 1.165) is 0 Å². The van der Waals surface area contributed by atoms with Crippen LogP contribution in [0.2, 0.25) is 5.02 Å². The molecule has 0 heterocycles. The van der Waals surface area contributed by atoms with Crippen LogP contribution in [0, 0.1) is 16.0 Å². The second-order valence-corrected chi connectivity index (χ2v) is 4.30. The molecule has 0 aromatic heterocycles. The van der Waals surface area contributed by atoms with E-state index in [9.17, 15) is 14.9 Å². The van der Waals surface area contributed by atoms with Crippen molar-refractivity contribution < 1.29 is 9.72 Å². The van der Waals surface area contributed by atoms with Crippen LogP contribution in [0.3, 0.4) is 0 Å². The van der Waals surface area contributed by atoms with E-state index in [1.54, 1.807) is 14.0 Å². The summed E-state index contributed by atoms with van der Waals surface area (Å²) in [7, 11) is 1.73. The highest BCUT2D eigenvalue weighted by Gasteiger charge is 2.19. The van der Waals surface area contributed by atoms with E-state index in [1.165, 1.54) is 18.2 Å². The third-order valence-corrected chi connectivity index (χ3v) is 2.61. The zero-order valence-corrected chi connectivity index (χ0v) is 10.8. The maximum atomic E-state index is 11.8. The Morgan fingerprint density at radius 3 is 2.78 bits per heavy atom. The molecule has 0 aliphatic heterocycles. The third-order valence-electron chi connectivity index (χ3n) is 2.37. The smallest absolute Gasteiger partial charge is 0.292 e. The number of anilines is 1. The van der Waals surface area contributed by atoms with Gasteiger partial charge in [-0.2, -0.15) is 0 Å². The van der Waals surface area contributed by atoms with Gasteiger partial charge in [-0.25, -0.2) is 0 Å². The molecular formula is C11H14ClN3O3. The Labute approximate surface area is 109 Å². The van der Waals surface area contributed by atoms with Crippen LogP contribution in [0.15, 0.2) is 18.2 Å². The lowest BCUT2D eigenvalue weighted by molar-refractivity contribution is -0.383. The van der Waals surface area contributed by atoms with Crippen LogP contribution in [0.5, 0.6) is 0 Å². The highest BCUT2D eigenvalue weighted by atomic mass is 35.5. The number of nitrogens with zero attached hydrogens (tertiary/aromatic N) is 1. The van der Waals surface area contributed by atoms with Gasteiger partial charge in [0, 0.05) is 23.6 Å². The number of halogens is 1. The monoisotopic (exact) mass is 271 g/mol. The molecule has 7 heteroatoms. The number of nitrogens with one attached hydrogen (secondary N) is 2. The molecule has 0 saturated carbocycles. The van der Waals surface area contributed by atoms with E-state index in [0.29, 0.717) is 11.6 Å². The highest BCUT2D eigenvalue weighted by molar-refractivity contribution is 6.31. The molecule has 0 saturated heterocycles. The number of amides is 1. The van der Waals surface area contributed by atoms with Gasteiger partial charge in [-0.3, -0.25) is 14.9 Å². The molecule has 0 fully saturated rings. The summed E-state index contributed by atoms with van der Waals surface area (Å²) in [5.41, 5.74) is -0.0649. The summed E-state index contributed by atoms with van der Waals surface area (Å²) >= 11 is 5.76. The molecule has 1 aromatic rings. The summed E-state index contributed by atoms with van der Waals surface area (Å²) in [6, 6.07) is 4.04. The SMILES string of the molecule is CNCC(C)C(=O)Nc1cc(Cl)ccc1[N+](=O)[O-]. The Morgan fingerprint density at radius 1 is 1.56 bits per heavy atom. The Balaban J connectivity index is 2.92. The van der Waals surface area contributed by atoms with Gasteiger partial charge in [-0.15, -0.1) is 0 Å². The van der Waals surface area contributed by atoms with Crippen LogP contribution in [0.25, 0.3) is 0 Å². The number of carbonyl (C=O) groups excluding carboxylic acids is 1. The van der Waals surface area contributed by atoms with Gasteiger partial charge in [0.25, 0.3) is 5.69 Å². The van der Waals surface area contributed by atoms with Gasteiger partial charge in [-0.1, -0.05) is 18.5 Å². The van der Waals surface area contributed by atoms with Crippen molar-refractivity contribution in [1.82, 2.24) is 5.32 Å². The number of nitro groups is 1. The van der Waals surface area contributed by atoms with E-state index in [1.807, 2.05) is 0 Å². The lowest BCUT2D eigenvalue weighted by Crippen LogP contribution is -2.28. The second-order valence-electron chi connectivity index (χ2n) is 3.87. The molecule has 1 unspecified atom stereocenters. The molecule has 98 valence electrons. The van der Waals surface area contributed by atoms with Crippen LogP contribution < -0.4 is 10.6 Å². The van der Waals surface area contributed by atoms with Gasteiger partial charge in [0.1, 0.15) is 5.69 Å². The van der Waals surface area contributed by atoms with Gasteiger partial charge in [0.15, 0.2) is 0 Å². The van der Waals surface area contributed by atoms with Crippen molar-refractivity contribution >= 4 is 28.9 Å². The molecule has 0 aliphatic rings. The molecule has 2 N–H and O–H groups in total. The van der Waals surface area contributed by atoms with E-state index in [-0.39, 0.29) is 23.2 Å². The van der Waals surface area contributed by atoms with Crippen molar-refractivity contribution in [3.8, 4) is 0 Å². The van der Waals surface area contributed by atoms with Crippen molar-refractivity contribution in [1.29, 1.82) is 0 Å². The molecule has 1 amide bonds. The van der Waals surface area contributed by atoms with Gasteiger partial charge in [0.2, 0.25) is 5.91 Å². The summed E-state index contributed by atoms with van der Waals surface area (Å²) < 4.78 is 0. The Morgan fingerprint density at radius 2 is 2.22 bits per heavy atom. The third kappa shape index (κ3) is 3.68. The summed E-state index contributed by atoms with van der Waals surface area (Å²) in [4.78, 5) is 22.0. The second kappa shape index (κ2) is 6.32. The van der Waals surface area contributed by atoms with E-state index in [2.05, 4.69) is 10.6 Å². The van der Waals surface area contributed by atoms with Crippen LogP contribution in [-0.4, -0.2) is 24.4 Å². The Kier molecular flexibility index (Phi) is 5.06. The largest absolute Gasteiger partial charge is 0.320 e. The number of benzene rings is 1. The summed E-state index contributed by atoms with van der Waals surface area (Å²) in [5.74, 6) is -0.594. The first-order chi connectivity index (χ1) is 8.45. The number of hydrogen-bond donors (Lipinski definition) is 2. The Bertz CT molecular complexity index is 465. The minimum Gasteiger partial charge on any atom is -0.320 e. The molecule has 0 aliphatic carbocycles. The average Bonchev–Trinajstić information content (AvgIpc) is 2.28. The van der Waals surface area contributed by atoms with Crippen LogP contribution in [-0.2, 0) is 4.79 Å². The predicted octanol–water partition coefficient (Wildman–Crippen LogP) is 2.04. The zero-order chi connectivity index (χ0) is 13.7. The van der Waals surface area contributed by atoms with Crippen molar-refractivity contribution in [2.24, 2.45) is 5.92 Å². The number of nitro benzene ring substituents is 1. The molecule has 1 atom stereocenters. The first-order valence-electron chi connectivity index (χ1n) is 5.35. The zero-order valence-electron chi connectivity index (χ0n) is 10.1. The molecular weight excluding hydrogens is 258 g/mol. The minimum atomic E-state index is -0.561. The van der Waals surface area contributed by atoms with E-state index in [4.69, 9.17) is 11.6 Å². The number of hydrogen-bond acceptors (Lipinski definition) is 4. The van der Waals surface area contributed by atoms with Gasteiger partial charge in [-0.05, 0) is 19.2 Å². The first kappa shape index (κ1) is 14.4. The molecule has 0 spiro atoms. The molecule has 0 bridgehead atoms. The maximum absolute atomic E-state index is 11.8. The topological polar surface area (TPSA) is 84.3 Å².